The largest absolute Gasteiger partial charge is 0.504 e. The van der Waals surface area contributed by atoms with E-state index in [1.807, 2.05) is 0 Å². The molecule has 0 bridgehead atoms. The number of aromatic hydroxyl groups is 1. The molecule has 0 atom stereocenters. The van der Waals surface area contributed by atoms with Gasteiger partial charge in [0.1, 0.15) is 5.82 Å². The van der Waals surface area contributed by atoms with Gasteiger partial charge in [0.05, 0.1) is 6.26 Å². The molecule has 0 spiro atoms. The number of rotatable bonds is 3. The van der Waals surface area contributed by atoms with Gasteiger partial charge in [0.2, 0.25) is 11.5 Å². The Morgan fingerprint density at radius 3 is 2.53 bits per heavy atom. The van der Waals surface area contributed by atoms with Gasteiger partial charge in [0, 0.05) is 6.07 Å². The predicted molar refractivity (Wildman–Crippen MR) is 60.1 cm³/mol. The van der Waals surface area contributed by atoms with Gasteiger partial charge in [-0.05, 0) is 23.8 Å². The number of ketones is 1. The van der Waals surface area contributed by atoms with Crippen LogP contribution in [0.2, 0.25) is 0 Å². The first-order valence-corrected chi connectivity index (χ1v) is 4.91. The summed E-state index contributed by atoms with van der Waals surface area (Å²) in [5.41, 5.74) is 0.686. The van der Waals surface area contributed by atoms with Gasteiger partial charge in [0.15, 0.2) is 5.75 Å². The third-order valence-electron chi connectivity index (χ3n) is 2.17. The SMILES string of the molecule is O=C(/C=C\c1ccc(F)cc1)c1occc1O. The third kappa shape index (κ3) is 2.60. The Balaban J connectivity index is 2.14. The molecular weight excluding hydrogens is 223 g/mol. The highest BCUT2D eigenvalue weighted by Crippen LogP contribution is 2.18. The number of hydrogen-bond donors (Lipinski definition) is 1. The van der Waals surface area contributed by atoms with Gasteiger partial charge in [-0.1, -0.05) is 18.2 Å². The first-order valence-electron chi connectivity index (χ1n) is 4.91. The predicted octanol–water partition coefficient (Wildman–Crippen LogP) is 3.02. The fourth-order valence-electron chi connectivity index (χ4n) is 1.31. The topological polar surface area (TPSA) is 50.4 Å². The summed E-state index contributed by atoms with van der Waals surface area (Å²) in [6.45, 7) is 0. The van der Waals surface area contributed by atoms with Crippen molar-refractivity contribution in [3.63, 3.8) is 0 Å². The molecule has 2 rings (SSSR count). The number of benzene rings is 1. The van der Waals surface area contributed by atoms with E-state index >= 15 is 0 Å². The van der Waals surface area contributed by atoms with Crippen LogP contribution in [0.15, 0.2) is 47.1 Å². The summed E-state index contributed by atoms with van der Waals surface area (Å²) < 4.78 is 17.4. The molecule has 0 saturated heterocycles. The highest BCUT2D eigenvalue weighted by molar-refractivity contribution is 6.06. The quantitative estimate of drug-likeness (QED) is 0.653. The normalized spacial score (nSPS) is 10.9. The molecule has 0 fully saturated rings. The van der Waals surface area contributed by atoms with E-state index in [-0.39, 0.29) is 17.3 Å². The monoisotopic (exact) mass is 232 g/mol. The Morgan fingerprint density at radius 1 is 1.24 bits per heavy atom. The minimum atomic E-state index is -0.447. The number of carbonyl (C=O) groups is 1. The van der Waals surface area contributed by atoms with Crippen LogP contribution in [-0.4, -0.2) is 10.9 Å². The average Bonchev–Trinajstić information content (AvgIpc) is 2.74. The van der Waals surface area contributed by atoms with Crippen LogP contribution in [0.5, 0.6) is 5.75 Å². The molecule has 0 amide bonds. The van der Waals surface area contributed by atoms with E-state index in [1.165, 1.54) is 36.6 Å². The van der Waals surface area contributed by atoms with Crippen LogP contribution in [0, 0.1) is 5.82 Å². The zero-order valence-electron chi connectivity index (χ0n) is 8.76. The fraction of sp³-hybridized carbons (Fsp3) is 0. The second kappa shape index (κ2) is 4.65. The van der Waals surface area contributed by atoms with E-state index < -0.39 is 5.78 Å². The van der Waals surface area contributed by atoms with Gasteiger partial charge in [0.25, 0.3) is 0 Å². The van der Waals surface area contributed by atoms with E-state index in [0.29, 0.717) is 5.56 Å². The number of furan rings is 1. The first kappa shape index (κ1) is 11.1. The van der Waals surface area contributed by atoms with Gasteiger partial charge in [-0.15, -0.1) is 0 Å². The van der Waals surface area contributed by atoms with Crippen LogP contribution >= 0.6 is 0 Å². The van der Waals surface area contributed by atoms with Crippen LogP contribution in [0.3, 0.4) is 0 Å². The summed E-state index contributed by atoms with van der Waals surface area (Å²) in [5.74, 6) is -1.09. The maximum atomic E-state index is 12.6. The van der Waals surface area contributed by atoms with E-state index in [0.717, 1.165) is 0 Å². The number of carbonyl (C=O) groups excluding carboxylic acids is 1. The van der Waals surface area contributed by atoms with Gasteiger partial charge in [-0.3, -0.25) is 4.79 Å². The standard InChI is InChI=1S/C13H9FO3/c14-10-4-1-9(2-5-10)3-6-11(15)13-12(16)7-8-17-13/h1-8,16H/b6-3-. The molecule has 0 radical (unpaired) electrons. The lowest BCUT2D eigenvalue weighted by Gasteiger charge is -1.93. The Bertz CT molecular complexity index is 552. The minimum absolute atomic E-state index is 0.108. The molecule has 0 aliphatic heterocycles. The molecule has 1 aromatic carbocycles. The van der Waals surface area contributed by atoms with Crippen molar-refractivity contribution < 1.29 is 18.7 Å². The Kier molecular flexibility index (Phi) is 3.05. The summed E-state index contributed by atoms with van der Waals surface area (Å²) in [6.07, 6.45) is 4.00. The summed E-state index contributed by atoms with van der Waals surface area (Å²) in [5, 5.41) is 9.26. The van der Waals surface area contributed by atoms with Crippen molar-refractivity contribution in [1.29, 1.82) is 0 Å². The Hall–Kier alpha value is -2.36. The summed E-state index contributed by atoms with van der Waals surface area (Å²) in [6, 6.07) is 6.98. The molecule has 1 aromatic heterocycles. The molecule has 0 aliphatic rings. The molecule has 1 heterocycles. The van der Waals surface area contributed by atoms with Crippen molar-refractivity contribution in [3.8, 4) is 5.75 Å². The maximum Gasteiger partial charge on any atom is 0.224 e. The second-order valence-electron chi connectivity index (χ2n) is 3.38. The molecule has 3 nitrogen and oxygen atoms in total. The van der Waals surface area contributed by atoms with Crippen molar-refractivity contribution >= 4 is 11.9 Å². The molecule has 0 unspecified atom stereocenters. The molecule has 2 aromatic rings. The number of allylic oxidation sites excluding steroid dienone is 1. The second-order valence-corrected chi connectivity index (χ2v) is 3.38. The first-order chi connectivity index (χ1) is 8.16. The molecule has 1 N–H and O–H groups in total. The molecule has 17 heavy (non-hydrogen) atoms. The third-order valence-corrected chi connectivity index (χ3v) is 2.17. The van der Waals surface area contributed by atoms with E-state index in [1.54, 1.807) is 12.1 Å². The molecular formula is C13H9FO3. The minimum Gasteiger partial charge on any atom is -0.504 e. The number of halogens is 1. The smallest absolute Gasteiger partial charge is 0.224 e. The zero-order valence-corrected chi connectivity index (χ0v) is 8.76. The summed E-state index contributed by atoms with van der Waals surface area (Å²) in [4.78, 5) is 11.6. The zero-order chi connectivity index (χ0) is 12.3. The lowest BCUT2D eigenvalue weighted by Crippen LogP contribution is -1.91. The van der Waals surface area contributed by atoms with Gasteiger partial charge in [-0.2, -0.15) is 0 Å². The fourth-order valence-corrected chi connectivity index (χ4v) is 1.31. The molecule has 4 heteroatoms. The van der Waals surface area contributed by atoms with E-state index in [2.05, 4.69) is 0 Å². The van der Waals surface area contributed by atoms with E-state index in [9.17, 15) is 14.3 Å². The van der Waals surface area contributed by atoms with Crippen LogP contribution in [0.4, 0.5) is 4.39 Å². The number of hydrogen-bond acceptors (Lipinski definition) is 3. The summed E-state index contributed by atoms with van der Waals surface area (Å²) >= 11 is 0. The Morgan fingerprint density at radius 2 is 1.94 bits per heavy atom. The maximum absolute atomic E-state index is 12.6. The van der Waals surface area contributed by atoms with E-state index in [4.69, 9.17) is 4.42 Å². The van der Waals surface area contributed by atoms with Crippen LogP contribution in [0.25, 0.3) is 6.08 Å². The van der Waals surface area contributed by atoms with Gasteiger partial charge in [-0.25, -0.2) is 4.39 Å². The lowest BCUT2D eigenvalue weighted by atomic mass is 10.2. The lowest BCUT2D eigenvalue weighted by molar-refractivity contribution is 0.101. The van der Waals surface area contributed by atoms with Crippen LogP contribution in [-0.2, 0) is 0 Å². The van der Waals surface area contributed by atoms with Crippen molar-refractivity contribution in [1.82, 2.24) is 0 Å². The molecule has 0 aliphatic carbocycles. The summed E-state index contributed by atoms with van der Waals surface area (Å²) in [7, 11) is 0. The van der Waals surface area contributed by atoms with Crippen molar-refractivity contribution in [3.05, 3.63) is 59.8 Å². The van der Waals surface area contributed by atoms with Gasteiger partial charge >= 0.3 is 0 Å². The average molecular weight is 232 g/mol. The van der Waals surface area contributed by atoms with Crippen LogP contribution in [0.1, 0.15) is 16.1 Å². The highest BCUT2D eigenvalue weighted by atomic mass is 19.1. The van der Waals surface area contributed by atoms with Gasteiger partial charge < -0.3 is 9.52 Å². The Labute approximate surface area is 96.8 Å². The van der Waals surface area contributed by atoms with Crippen molar-refractivity contribution in [2.75, 3.05) is 0 Å². The molecule has 0 saturated carbocycles. The molecule has 86 valence electrons. The highest BCUT2D eigenvalue weighted by Gasteiger charge is 2.11. The van der Waals surface area contributed by atoms with Crippen molar-refractivity contribution in [2.45, 2.75) is 0 Å². The van der Waals surface area contributed by atoms with Crippen molar-refractivity contribution in [2.24, 2.45) is 0 Å². The van der Waals surface area contributed by atoms with Crippen LogP contribution < -0.4 is 0 Å².